The fourth-order valence-corrected chi connectivity index (χ4v) is 4.68. The third kappa shape index (κ3) is 6.20. The van der Waals surface area contributed by atoms with Crippen LogP contribution in [0.5, 0.6) is 0 Å². The van der Waals surface area contributed by atoms with E-state index in [0.29, 0.717) is 6.54 Å². The van der Waals surface area contributed by atoms with Gasteiger partial charge in [0.15, 0.2) is 5.96 Å². The number of guanidine groups is 1. The van der Waals surface area contributed by atoms with Gasteiger partial charge in [-0.25, -0.2) is 4.68 Å². The van der Waals surface area contributed by atoms with E-state index in [9.17, 15) is 0 Å². The Morgan fingerprint density at radius 2 is 1.84 bits per heavy atom. The van der Waals surface area contributed by atoms with E-state index in [-0.39, 0.29) is 29.5 Å². The molecule has 0 spiro atoms. The Morgan fingerprint density at radius 3 is 2.55 bits per heavy atom. The summed E-state index contributed by atoms with van der Waals surface area (Å²) < 4.78 is 7.50. The van der Waals surface area contributed by atoms with Crippen LogP contribution in [0.25, 0.3) is 5.69 Å². The molecule has 1 saturated heterocycles. The molecule has 0 bridgehead atoms. The molecule has 4 rings (SSSR count). The second kappa shape index (κ2) is 11.8. The molecule has 0 unspecified atom stereocenters. The smallest absolute Gasteiger partial charge is 0.191 e. The van der Waals surface area contributed by atoms with Gasteiger partial charge in [0.25, 0.3) is 0 Å². The first-order valence-corrected chi connectivity index (χ1v) is 11.2. The fourth-order valence-electron chi connectivity index (χ4n) is 4.68. The van der Waals surface area contributed by atoms with Crippen molar-refractivity contribution in [1.29, 1.82) is 0 Å². The monoisotopic (exact) mass is 538 g/mol. The predicted molar refractivity (Wildman–Crippen MR) is 135 cm³/mol. The first-order chi connectivity index (χ1) is 14.8. The summed E-state index contributed by atoms with van der Waals surface area (Å²) in [5.41, 5.74) is 2.41. The molecule has 2 aromatic rings. The minimum atomic E-state index is 0. The van der Waals surface area contributed by atoms with Crippen molar-refractivity contribution in [2.45, 2.75) is 44.2 Å². The normalized spacial score (nSPS) is 19.5. The van der Waals surface area contributed by atoms with Crippen molar-refractivity contribution >= 4 is 29.9 Å². The van der Waals surface area contributed by atoms with Gasteiger partial charge in [-0.2, -0.15) is 5.10 Å². The van der Waals surface area contributed by atoms with Gasteiger partial charge in [0.05, 0.1) is 25.1 Å². The maximum absolute atomic E-state index is 5.60. The molecule has 2 fully saturated rings. The van der Waals surface area contributed by atoms with Crippen LogP contribution in [-0.2, 0) is 11.3 Å². The largest absolute Gasteiger partial charge is 0.379 e. The molecule has 1 aromatic carbocycles. The van der Waals surface area contributed by atoms with Crippen LogP contribution in [0.15, 0.2) is 47.7 Å². The van der Waals surface area contributed by atoms with E-state index in [2.05, 4.69) is 44.0 Å². The van der Waals surface area contributed by atoms with Crippen molar-refractivity contribution in [2.24, 2.45) is 4.99 Å². The molecule has 2 N–H and O–H groups in total. The van der Waals surface area contributed by atoms with Gasteiger partial charge in [-0.3, -0.25) is 9.89 Å². The van der Waals surface area contributed by atoms with Crippen LogP contribution in [0, 0.1) is 0 Å². The number of hydrogen-bond donors (Lipinski definition) is 2. The Morgan fingerprint density at radius 1 is 1.10 bits per heavy atom. The molecule has 31 heavy (non-hydrogen) atoms. The molecule has 1 aliphatic carbocycles. The molecule has 1 aromatic heterocycles. The summed E-state index contributed by atoms with van der Waals surface area (Å²) in [6, 6.07) is 10.2. The number of para-hydroxylation sites is 1. The van der Waals surface area contributed by atoms with E-state index in [1.165, 1.54) is 32.1 Å². The fraction of sp³-hybridized carbons (Fsp3) is 0.565. The topological polar surface area (TPSA) is 66.7 Å². The van der Waals surface area contributed by atoms with E-state index in [1.54, 1.807) is 0 Å². The first-order valence-electron chi connectivity index (χ1n) is 11.2. The van der Waals surface area contributed by atoms with Crippen LogP contribution in [-0.4, -0.2) is 66.1 Å². The summed E-state index contributed by atoms with van der Waals surface area (Å²) in [4.78, 5) is 7.11. The Labute approximate surface area is 202 Å². The molecular formula is C23H35IN6O. The molecule has 2 aliphatic rings. The Kier molecular flexibility index (Phi) is 9.15. The minimum absolute atomic E-state index is 0. The van der Waals surface area contributed by atoms with E-state index in [0.717, 1.165) is 50.1 Å². The SMILES string of the molecule is CN=C(NCc1cnn(-c2ccccc2)c1)NCC1(N2CCOCC2)CCCCC1.I. The molecule has 170 valence electrons. The molecule has 1 aliphatic heterocycles. The van der Waals surface area contributed by atoms with Crippen molar-refractivity contribution in [2.75, 3.05) is 39.9 Å². The Hall–Kier alpha value is -1.65. The summed E-state index contributed by atoms with van der Waals surface area (Å²) in [5, 5.41) is 11.5. The van der Waals surface area contributed by atoms with Crippen LogP contribution in [0.3, 0.4) is 0 Å². The van der Waals surface area contributed by atoms with E-state index in [1.807, 2.05) is 36.1 Å². The zero-order valence-electron chi connectivity index (χ0n) is 18.4. The standard InChI is InChI=1S/C23H34N6O.HI/c1-24-22(25-16-20-17-27-29(18-20)21-8-4-2-5-9-21)26-19-23(10-6-3-7-11-23)28-12-14-30-15-13-28;/h2,4-5,8-9,17-18H,3,6-7,10-16,19H2,1H3,(H2,24,25,26);1H. The number of benzene rings is 1. The van der Waals surface area contributed by atoms with Gasteiger partial charge in [-0.15, -0.1) is 24.0 Å². The minimum Gasteiger partial charge on any atom is -0.379 e. The lowest BCUT2D eigenvalue weighted by atomic mass is 9.80. The molecule has 0 amide bonds. The lowest BCUT2D eigenvalue weighted by Gasteiger charge is -2.48. The number of nitrogens with one attached hydrogen (secondary N) is 2. The van der Waals surface area contributed by atoms with Crippen LogP contribution < -0.4 is 10.6 Å². The predicted octanol–water partition coefficient (Wildman–Crippen LogP) is 3.19. The number of rotatable bonds is 6. The lowest BCUT2D eigenvalue weighted by molar-refractivity contribution is -0.0352. The summed E-state index contributed by atoms with van der Waals surface area (Å²) >= 11 is 0. The van der Waals surface area contributed by atoms with Crippen LogP contribution in [0.2, 0.25) is 0 Å². The number of aromatic nitrogens is 2. The first kappa shape index (κ1) is 24.0. The van der Waals surface area contributed by atoms with Gasteiger partial charge in [0.2, 0.25) is 0 Å². The number of aliphatic imine (C=N–C) groups is 1. The van der Waals surface area contributed by atoms with Crippen molar-refractivity contribution < 1.29 is 4.74 Å². The molecule has 7 nitrogen and oxygen atoms in total. The highest BCUT2D eigenvalue weighted by Gasteiger charge is 2.38. The average molecular weight is 538 g/mol. The third-order valence-electron chi connectivity index (χ3n) is 6.39. The average Bonchev–Trinajstić information content (AvgIpc) is 3.30. The summed E-state index contributed by atoms with van der Waals surface area (Å²) in [7, 11) is 1.84. The van der Waals surface area contributed by atoms with Crippen LogP contribution in [0.4, 0.5) is 0 Å². The maximum atomic E-state index is 5.60. The van der Waals surface area contributed by atoms with Gasteiger partial charge in [-0.05, 0) is 25.0 Å². The summed E-state index contributed by atoms with van der Waals surface area (Å²) in [5.74, 6) is 0.848. The van der Waals surface area contributed by atoms with Crippen molar-refractivity contribution in [3.63, 3.8) is 0 Å². The van der Waals surface area contributed by atoms with Gasteiger partial charge in [0, 0.05) is 50.5 Å². The number of nitrogens with zero attached hydrogens (tertiary/aromatic N) is 4. The highest BCUT2D eigenvalue weighted by Crippen LogP contribution is 2.33. The number of ether oxygens (including phenoxy) is 1. The highest BCUT2D eigenvalue weighted by atomic mass is 127. The van der Waals surface area contributed by atoms with Gasteiger partial charge >= 0.3 is 0 Å². The molecule has 2 heterocycles. The van der Waals surface area contributed by atoms with Crippen LogP contribution in [0.1, 0.15) is 37.7 Å². The molecule has 0 radical (unpaired) electrons. The second-order valence-electron chi connectivity index (χ2n) is 8.29. The molecular weight excluding hydrogens is 503 g/mol. The Bertz CT molecular complexity index is 812. The van der Waals surface area contributed by atoms with Crippen molar-refractivity contribution in [3.8, 4) is 5.69 Å². The van der Waals surface area contributed by atoms with Gasteiger partial charge in [-0.1, -0.05) is 37.5 Å². The summed E-state index contributed by atoms with van der Waals surface area (Å²) in [6.45, 7) is 5.38. The molecule has 1 saturated carbocycles. The molecule has 0 atom stereocenters. The highest BCUT2D eigenvalue weighted by molar-refractivity contribution is 14.0. The zero-order chi connectivity index (χ0) is 20.7. The van der Waals surface area contributed by atoms with Gasteiger partial charge < -0.3 is 15.4 Å². The summed E-state index contributed by atoms with van der Waals surface area (Å²) in [6.07, 6.45) is 10.4. The number of halogens is 1. The van der Waals surface area contributed by atoms with Crippen molar-refractivity contribution in [1.82, 2.24) is 25.3 Å². The third-order valence-corrected chi connectivity index (χ3v) is 6.39. The van der Waals surface area contributed by atoms with Crippen molar-refractivity contribution in [3.05, 3.63) is 48.3 Å². The Balaban J connectivity index is 0.00000272. The van der Waals surface area contributed by atoms with Gasteiger partial charge in [0.1, 0.15) is 0 Å². The van der Waals surface area contributed by atoms with E-state index in [4.69, 9.17) is 4.74 Å². The number of morpholine rings is 1. The molecule has 8 heteroatoms. The number of hydrogen-bond acceptors (Lipinski definition) is 4. The second-order valence-corrected chi connectivity index (χ2v) is 8.29. The quantitative estimate of drug-likeness (QED) is 0.336. The van der Waals surface area contributed by atoms with Crippen LogP contribution >= 0.6 is 24.0 Å². The van der Waals surface area contributed by atoms with E-state index >= 15 is 0 Å². The maximum Gasteiger partial charge on any atom is 0.191 e. The lowest BCUT2D eigenvalue weighted by Crippen LogP contribution is -2.60. The zero-order valence-corrected chi connectivity index (χ0v) is 20.8. The van der Waals surface area contributed by atoms with E-state index < -0.39 is 0 Å².